The number of aromatic nitrogens is 2. The lowest BCUT2D eigenvalue weighted by Gasteiger charge is -2.08. The van der Waals surface area contributed by atoms with Crippen molar-refractivity contribution in [1.29, 1.82) is 0 Å². The lowest BCUT2D eigenvalue weighted by Crippen LogP contribution is -2.31. The molecule has 0 unspecified atom stereocenters. The summed E-state index contributed by atoms with van der Waals surface area (Å²) < 4.78 is 8.65. The highest BCUT2D eigenvalue weighted by Crippen LogP contribution is 2.28. The van der Waals surface area contributed by atoms with E-state index in [1.165, 1.54) is 7.11 Å². The Morgan fingerprint density at radius 3 is 2.19 bits per heavy atom. The smallest absolute Gasteiger partial charge is 0.329 e. The highest BCUT2D eigenvalue weighted by atomic mass is 32.1. The Balaban J connectivity index is 2.38. The van der Waals surface area contributed by atoms with Gasteiger partial charge in [0.15, 0.2) is 0 Å². The Hall–Kier alpha value is -1.76. The van der Waals surface area contributed by atoms with E-state index < -0.39 is 0 Å². The summed E-state index contributed by atoms with van der Waals surface area (Å²) in [6.45, 7) is 3.24. The molecule has 2 rings (SSSR count). The van der Waals surface area contributed by atoms with Crippen molar-refractivity contribution in [2.24, 2.45) is 0 Å². The number of anilines is 1. The molecule has 7 heteroatoms. The van der Waals surface area contributed by atoms with E-state index in [0.717, 1.165) is 16.4 Å². The molecule has 2 amide bonds. The number of rotatable bonds is 2. The van der Waals surface area contributed by atoms with Crippen molar-refractivity contribution in [2.45, 2.75) is 13.8 Å². The highest BCUT2D eigenvalue weighted by molar-refractivity contribution is 7.10. The van der Waals surface area contributed by atoms with Crippen LogP contribution in [0.1, 0.15) is 13.8 Å². The van der Waals surface area contributed by atoms with Crippen LogP contribution in [0, 0.1) is 0 Å². The van der Waals surface area contributed by atoms with Crippen LogP contribution in [0.15, 0.2) is 11.1 Å². The Labute approximate surface area is 95.7 Å². The molecule has 0 saturated heterocycles. The number of methoxy groups -OCH3 is 1. The van der Waals surface area contributed by atoms with Gasteiger partial charge >= 0.3 is 6.01 Å². The molecule has 1 aromatic heterocycles. The molecule has 1 aliphatic rings. The fourth-order valence-electron chi connectivity index (χ4n) is 1.30. The molecule has 6 nitrogen and oxygen atoms in total. The Bertz CT molecular complexity index is 482. The van der Waals surface area contributed by atoms with Gasteiger partial charge in [0.25, 0.3) is 11.8 Å². The van der Waals surface area contributed by atoms with Gasteiger partial charge < -0.3 is 4.74 Å². The fraction of sp³-hybridized carbons (Fsp3) is 0.333. The Morgan fingerprint density at radius 1 is 1.19 bits per heavy atom. The van der Waals surface area contributed by atoms with Crippen LogP contribution in [0.2, 0.25) is 0 Å². The number of carbonyl (C=O) groups is 2. The van der Waals surface area contributed by atoms with Crippen LogP contribution in [0.3, 0.4) is 0 Å². The standard InChI is InChI=1S/C9H9N3O3S/c1-4-5(2)7(14)12(6(4)13)9-10-8(15-3)11-16-9/h1-3H3. The second-order valence-electron chi connectivity index (χ2n) is 3.26. The van der Waals surface area contributed by atoms with Crippen molar-refractivity contribution in [3.8, 4) is 6.01 Å². The van der Waals surface area contributed by atoms with Gasteiger partial charge in [-0.25, -0.2) is 4.90 Å². The van der Waals surface area contributed by atoms with Crippen molar-refractivity contribution in [2.75, 3.05) is 12.0 Å². The molecule has 0 fully saturated rings. The molecule has 2 heterocycles. The van der Waals surface area contributed by atoms with Crippen LogP contribution in [0.4, 0.5) is 5.13 Å². The first-order valence-corrected chi connectivity index (χ1v) is 5.27. The topological polar surface area (TPSA) is 72.4 Å². The molecular formula is C9H9N3O3S. The summed E-state index contributed by atoms with van der Waals surface area (Å²) in [5, 5.41) is 0.239. The summed E-state index contributed by atoms with van der Waals surface area (Å²) in [6.07, 6.45) is 0. The molecule has 0 bridgehead atoms. The maximum atomic E-state index is 11.8. The number of carbonyl (C=O) groups excluding carboxylic acids is 2. The molecule has 0 aromatic carbocycles. The summed E-state index contributed by atoms with van der Waals surface area (Å²) in [7, 11) is 1.42. The highest BCUT2D eigenvalue weighted by Gasteiger charge is 2.36. The third-order valence-corrected chi connectivity index (χ3v) is 3.07. The number of ether oxygens (including phenoxy) is 1. The summed E-state index contributed by atoms with van der Waals surface area (Å²) >= 11 is 0.954. The van der Waals surface area contributed by atoms with E-state index in [1.54, 1.807) is 13.8 Å². The first kappa shape index (κ1) is 10.7. The van der Waals surface area contributed by atoms with Gasteiger partial charge in [0, 0.05) is 22.7 Å². The molecule has 0 spiro atoms. The van der Waals surface area contributed by atoms with Crippen LogP contribution in [-0.2, 0) is 9.59 Å². The van der Waals surface area contributed by atoms with Crippen LogP contribution in [0.5, 0.6) is 6.01 Å². The van der Waals surface area contributed by atoms with E-state index >= 15 is 0 Å². The van der Waals surface area contributed by atoms with Gasteiger partial charge in [-0.3, -0.25) is 9.59 Å². The zero-order chi connectivity index (χ0) is 11.9. The summed E-state index contributed by atoms with van der Waals surface area (Å²) in [5.74, 6) is -0.692. The van der Waals surface area contributed by atoms with Crippen molar-refractivity contribution < 1.29 is 14.3 Å². The third kappa shape index (κ3) is 1.40. The predicted octanol–water partition coefficient (Wildman–Crippen LogP) is 0.756. The molecule has 84 valence electrons. The van der Waals surface area contributed by atoms with Crippen molar-refractivity contribution >= 4 is 28.5 Å². The van der Waals surface area contributed by atoms with E-state index in [0.29, 0.717) is 11.1 Å². The molecule has 0 radical (unpaired) electrons. The van der Waals surface area contributed by atoms with Crippen LogP contribution in [-0.4, -0.2) is 28.3 Å². The van der Waals surface area contributed by atoms with Crippen molar-refractivity contribution in [3.05, 3.63) is 11.1 Å². The minimum atomic E-state index is -0.346. The number of amides is 2. The Morgan fingerprint density at radius 2 is 1.75 bits per heavy atom. The minimum absolute atomic E-state index is 0.155. The van der Waals surface area contributed by atoms with E-state index in [2.05, 4.69) is 9.36 Å². The quantitative estimate of drug-likeness (QED) is 0.712. The van der Waals surface area contributed by atoms with Gasteiger partial charge in [0.1, 0.15) is 0 Å². The monoisotopic (exact) mass is 239 g/mol. The van der Waals surface area contributed by atoms with Gasteiger partial charge in [0.05, 0.1) is 7.11 Å². The van der Waals surface area contributed by atoms with E-state index in [-0.39, 0.29) is 23.0 Å². The van der Waals surface area contributed by atoms with E-state index in [4.69, 9.17) is 4.74 Å². The first-order chi connectivity index (χ1) is 7.56. The first-order valence-electron chi connectivity index (χ1n) is 4.50. The largest absolute Gasteiger partial charge is 0.466 e. The van der Waals surface area contributed by atoms with Crippen LogP contribution < -0.4 is 9.64 Å². The van der Waals surface area contributed by atoms with Crippen molar-refractivity contribution in [3.63, 3.8) is 0 Å². The lowest BCUT2D eigenvalue weighted by molar-refractivity contribution is -0.120. The number of nitrogens with zero attached hydrogens (tertiary/aromatic N) is 3. The molecule has 1 aliphatic heterocycles. The fourth-order valence-corrected chi connectivity index (χ4v) is 1.94. The zero-order valence-electron chi connectivity index (χ0n) is 8.97. The molecule has 1 aromatic rings. The molecule has 0 aliphatic carbocycles. The Kier molecular flexibility index (Phi) is 2.47. The SMILES string of the molecule is COc1nsc(N2C(=O)C(C)=C(C)C2=O)n1. The molecule has 0 N–H and O–H groups in total. The maximum Gasteiger partial charge on any atom is 0.329 e. The number of hydrogen-bond acceptors (Lipinski definition) is 6. The summed E-state index contributed by atoms with van der Waals surface area (Å²) in [6, 6.07) is 0.155. The summed E-state index contributed by atoms with van der Waals surface area (Å²) in [5.41, 5.74) is 0.887. The maximum absolute atomic E-state index is 11.8. The number of imide groups is 1. The second-order valence-corrected chi connectivity index (χ2v) is 3.99. The van der Waals surface area contributed by atoms with Crippen molar-refractivity contribution in [1.82, 2.24) is 9.36 Å². The van der Waals surface area contributed by atoms with Crippen LogP contribution in [0.25, 0.3) is 0 Å². The van der Waals surface area contributed by atoms with Gasteiger partial charge in [-0.15, -0.1) is 4.37 Å². The van der Waals surface area contributed by atoms with Gasteiger partial charge in [-0.1, -0.05) is 0 Å². The normalized spacial score (nSPS) is 16.3. The number of hydrogen-bond donors (Lipinski definition) is 0. The molecule has 0 atom stereocenters. The van der Waals surface area contributed by atoms with Crippen LogP contribution >= 0.6 is 11.5 Å². The zero-order valence-corrected chi connectivity index (χ0v) is 9.79. The lowest BCUT2D eigenvalue weighted by atomic mass is 10.2. The van der Waals surface area contributed by atoms with E-state index in [9.17, 15) is 9.59 Å². The molecule has 16 heavy (non-hydrogen) atoms. The predicted molar refractivity (Wildman–Crippen MR) is 57.3 cm³/mol. The third-order valence-electron chi connectivity index (χ3n) is 2.38. The average Bonchev–Trinajstić information content (AvgIpc) is 2.81. The van der Waals surface area contributed by atoms with Gasteiger partial charge in [-0.2, -0.15) is 4.98 Å². The molecular weight excluding hydrogens is 230 g/mol. The van der Waals surface area contributed by atoms with E-state index in [1.807, 2.05) is 0 Å². The second kappa shape index (κ2) is 3.67. The summed E-state index contributed by atoms with van der Waals surface area (Å²) in [4.78, 5) is 28.5. The van der Waals surface area contributed by atoms with Gasteiger partial charge in [0.2, 0.25) is 5.13 Å². The average molecular weight is 239 g/mol. The minimum Gasteiger partial charge on any atom is -0.466 e. The van der Waals surface area contributed by atoms with Gasteiger partial charge in [-0.05, 0) is 13.8 Å². The molecule has 0 saturated carbocycles.